The van der Waals surface area contributed by atoms with Gasteiger partial charge in [-0.25, -0.2) is 4.79 Å². The van der Waals surface area contributed by atoms with Crippen LogP contribution >= 0.6 is 6.72 Å². The van der Waals surface area contributed by atoms with E-state index in [1.165, 1.54) is 10.8 Å². The number of anilines is 1. The van der Waals surface area contributed by atoms with Gasteiger partial charge in [-0.3, -0.25) is 4.57 Å². The Morgan fingerprint density at radius 3 is 2.91 bits per heavy atom. The van der Waals surface area contributed by atoms with Crippen LogP contribution in [-0.4, -0.2) is 43.3 Å². The van der Waals surface area contributed by atoms with E-state index in [-0.39, 0.29) is 12.2 Å². The molecule has 0 aromatic carbocycles. The molecule has 0 radical (unpaired) electrons. The first-order chi connectivity index (χ1) is 10.7. The summed E-state index contributed by atoms with van der Waals surface area (Å²) in [5.74, 6) is 5.38. The zero-order chi connectivity index (χ0) is 17.2. The van der Waals surface area contributed by atoms with Gasteiger partial charge >= 0.3 is 12.4 Å². The molecule has 1 aliphatic rings. The van der Waals surface area contributed by atoms with Crippen molar-refractivity contribution in [1.82, 2.24) is 9.55 Å². The fraction of sp³-hybridized carbons (Fsp3) is 0.500. The Kier molecular flexibility index (Phi) is 5.54. The monoisotopic (exact) mass is 361 g/mol. The van der Waals surface area contributed by atoms with E-state index in [1.807, 2.05) is 0 Å². The lowest BCUT2D eigenvalue weighted by Crippen LogP contribution is -2.29. The summed E-state index contributed by atoms with van der Waals surface area (Å²) in [7, 11) is 0. The van der Waals surface area contributed by atoms with Gasteiger partial charge in [0.1, 0.15) is 18.1 Å². The molecule has 1 saturated heterocycles. The van der Waals surface area contributed by atoms with E-state index in [4.69, 9.17) is 15.0 Å². The Bertz CT molecular complexity index is 751. The van der Waals surface area contributed by atoms with Gasteiger partial charge in [-0.05, 0) is 18.7 Å². The highest BCUT2D eigenvalue weighted by Gasteiger charge is 2.39. The standard InChI is InChI=1S/C12H16N3O6PS/c1-2-3-7-5-15(12(17)14-11(7)13)10-4-8(9(6-16)20-10)21-22(18,19)23/h5,8-10,16H,4,6H2,1H3,(H2,13,14,17)(H2,18,19,23)/t8-,9+,10+/m0/s1. The van der Waals surface area contributed by atoms with Crippen molar-refractivity contribution in [2.45, 2.75) is 31.8 Å². The summed E-state index contributed by atoms with van der Waals surface area (Å²) >= 11 is 4.42. The van der Waals surface area contributed by atoms with Gasteiger partial charge in [-0.15, -0.1) is 5.92 Å². The first-order valence-electron chi connectivity index (χ1n) is 6.57. The molecule has 0 aliphatic carbocycles. The number of aliphatic hydroxyl groups excluding tert-OH is 1. The lowest BCUT2D eigenvalue weighted by Gasteiger charge is -2.18. The van der Waals surface area contributed by atoms with Crippen molar-refractivity contribution in [3.63, 3.8) is 0 Å². The molecule has 1 aromatic rings. The smallest absolute Gasteiger partial charge is 0.351 e. The lowest BCUT2D eigenvalue weighted by molar-refractivity contribution is -0.0434. The maximum atomic E-state index is 12.0. The van der Waals surface area contributed by atoms with Crippen LogP contribution in [0.5, 0.6) is 0 Å². The minimum absolute atomic E-state index is 0.00585. The highest BCUT2D eigenvalue weighted by atomic mass is 32.5. The Labute approximate surface area is 136 Å². The van der Waals surface area contributed by atoms with Crippen molar-refractivity contribution in [2.24, 2.45) is 0 Å². The number of aliphatic hydroxyl groups is 1. The number of ether oxygens (including phenoxy) is 1. The maximum absolute atomic E-state index is 12.0. The van der Waals surface area contributed by atoms with Gasteiger partial charge in [0.15, 0.2) is 0 Å². The molecule has 0 amide bonds. The molecular weight excluding hydrogens is 345 g/mol. The minimum atomic E-state index is -3.93. The number of nitrogen functional groups attached to an aromatic ring is 1. The van der Waals surface area contributed by atoms with Gasteiger partial charge in [0.25, 0.3) is 0 Å². The number of hydrogen-bond donors (Lipinski definition) is 4. The van der Waals surface area contributed by atoms with Gasteiger partial charge < -0.3 is 29.9 Å². The normalized spacial score (nSPS) is 24.3. The molecule has 5 N–H and O–H groups in total. The zero-order valence-electron chi connectivity index (χ0n) is 12.1. The molecule has 126 valence electrons. The molecule has 1 fully saturated rings. The van der Waals surface area contributed by atoms with E-state index in [9.17, 15) is 19.7 Å². The Balaban J connectivity index is 2.32. The molecule has 0 spiro atoms. The Morgan fingerprint density at radius 2 is 2.35 bits per heavy atom. The van der Waals surface area contributed by atoms with Crippen molar-refractivity contribution in [3.8, 4) is 11.8 Å². The van der Waals surface area contributed by atoms with Crippen LogP contribution in [0.2, 0.25) is 0 Å². The van der Waals surface area contributed by atoms with Crippen molar-refractivity contribution in [1.29, 1.82) is 0 Å². The summed E-state index contributed by atoms with van der Waals surface area (Å²) < 4.78 is 11.6. The highest BCUT2D eigenvalue weighted by Crippen LogP contribution is 2.43. The second kappa shape index (κ2) is 7.07. The summed E-state index contributed by atoms with van der Waals surface area (Å²) in [6, 6.07) is 0. The van der Waals surface area contributed by atoms with Gasteiger partial charge in [0, 0.05) is 12.6 Å². The first kappa shape index (κ1) is 18.0. The molecule has 1 aromatic heterocycles. The largest absolute Gasteiger partial charge is 0.394 e. The van der Waals surface area contributed by atoms with E-state index in [1.54, 1.807) is 6.92 Å². The van der Waals surface area contributed by atoms with E-state index < -0.39 is 37.5 Å². The summed E-state index contributed by atoms with van der Waals surface area (Å²) in [6.45, 7) is -2.75. The van der Waals surface area contributed by atoms with Crippen LogP contribution in [0.4, 0.5) is 5.82 Å². The van der Waals surface area contributed by atoms with Crippen LogP contribution in [0.25, 0.3) is 0 Å². The number of hydrogen-bond acceptors (Lipinski definition) is 7. The first-order valence-corrected chi connectivity index (χ1v) is 9.19. The van der Waals surface area contributed by atoms with Gasteiger partial charge in [-0.2, -0.15) is 4.98 Å². The van der Waals surface area contributed by atoms with Crippen LogP contribution < -0.4 is 11.4 Å². The third-order valence-electron chi connectivity index (χ3n) is 3.18. The molecule has 0 saturated carbocycles. The molecule has 0 unspecified atom stereocenters. The fourth-order valence-corrected chi connectivity index (χ4v) is 3.15. The van der Waals surface area contributed by atoms with Crippen molar-refractivity contribution >= 4 is 24.3 Å². The summed E-state index contributed by atoms with van der Waals surface area (Å²) in [5, 5.41) is 9.31. The SMILES string of the molecule is CC#Cc1cn([C@H]2C[C@H](OP(O)(O)=S)[C@@H](CO)O2)c(=O)nc1N. The third kappa shape index (κ3) is 4.37. The number of rotatable bonds is 4. The molecule has 0 bridgehead atoms. The quantitative estimate of drug-likeness (QED) is 0.395. The van der Waals surface area contributed by atoms with Crippen LogP contribution in [-0.2, 0) is 21.1 Å². The van der Waals surface area contributed by atoms with E-state index in [2.05, 4.69) is 28.6 Å². The molecule has 2 rings (SSSR count). The average Bonchev–Trinajstić information content (AvgIpc) is 2.82. The van der Waals surface area contributed by atoms with E-state index >= 15 is 0 Å². The molecule has 1 aliphatic heterocycles. The fourth-order valence-electron chi connectivity index (χ4n) is 2.24. The highest BCUT2D eigenvalue weighted by molar-refractivity contribution is 8.06. The number of nitrogens with zero attached hydrogens (tertiary/aromatic N) is 2. The lowest BCUT2D eigenvalue weighted by atomic mass is 10.2. The number of nitrogens with two attached hydrogens (primary N) is 1. The van der Waals surface area contributed by atoms with Gasteiger partial charge in [0.05, 0.1) is 18.3 Å². The molecule has 23 heavy (non-hydrogen) atoms. The second-order valence-corrected chi connectivity index (χ2v) is 7.41. The van der Waals surface area contributed by atoms with Crippen LogP contribution in [0, 0.1) is 11.8 Å². The maximum Gasteiger partial charge on any atom is 0.351 e. The second-order valence-electron chi connectivity index (χ2n) is 4.79. The topological polar surface area (TPSA) is 140 Å². The van der Waals surface area contributed by atoms with Crippen LogP contribution in [0.1, 0.15) is 25.1 Å². The molecule has 9 nitrogen and oxygen atoms in total. The predicted molar refractivity (Wildman–Crippen MR) is 84.7 cm³/mol. The summed E-state index contributed by atoms with van der Waals surface area (Å²) in [6.07, 6.45) is -1.06. The van der Waals surface area contributed by atoms with Crippen LogP contribution in [0.3, 0.4) is 0 Å². The minimum Gasteiger partial charge on any atom is -0.394 e. The summed E-state index contributed by atoms with van der Waals surface area (Å²) in [4.78, 5) is 34.2. The Hall–Kier alpha value is -1.31. The predicted octanol–water partition coefficient (Wildman–Crippen LogP) is -0.929. The van der Waals surface area contributed by atoms with E-state index in [0.717, 1.165) is 0 Å². The van der Waals surface area contributed by atoms with Gasteiger partial charge in [0.2, 0.25) is 0 Å². The molecule has 2 heterocycles. The molecular formula is C12H16N3O6PS. The molecule has 3 atom stereocenters. The molecule has 11 heteroatoms. The number of aromatic nitrogens is 2. The van der Waals surface area contributed by atoms with Crippen LogP contribution in [0.15, 0.2) is 11.0 Å². The van der Waals surface area contributed by atoms with Gasteiger partial charge in [-0.1, -0.05) is 5.92 Å². The van der Waals surface area contributed by atoms with Crippen molar-refractivity contribution in [3.05, 3.63) is 22.2 Å². The average molecular weight is 361 g/mol. The third-order valence-corrected chi connectivity index (χ3v) is 3.99. The van der Waals surface area contributed by atoms with Crippen molar-refractivity contribution in [2.75, 3.05) is 12.3 Å². The Morgan fingerprint density at radius 1 is 1.65 bits per heavy atom. The zero-order valence-corrected chi connectivity index (χ0v) is 13.8. The van der Waals surface area contributed by atoms with E-state index in [0.29, 0.717) is 5.56 Å². The van der Waals surface area contributed by atoms with Crippen molar-refractivity contribution < 1.29 is 24.2 Å². The summed E-state index contributed by atoms with van der Waals surface area (Å²) in [5.41, 5.74) is 5.33.